The highest BCUT2D eigenvalue weighted by Crippen LogP contribution is 2.39. The van der Waals surface area contributed by atoms with Crippen molar-refractivity contribution in [2.24, 2.45) is 0 Å². The lowest BCUT2D eigenvalue weighted by molar-refractivity contribution is -0.0423. The number of aromatic nitrogens is 2. The third-order valence-corrected chi connectivity index (χ3v) is 4.58. The van der Waals surface area contributed by atoms with E-state index in [1.807, 2.05) is 11.1 Å². The van der Waals surface area contributed by atoms with Gasteiger partial charge in [0.05, 0.1) is 5.56 Å². The van der Waals surface area contributed by atoms with Crippen LogP contribution in [0.4, 0.5) is 4.39 Å². The molecule has 1 saturated heterocycles. The van der Waals surface area contributed by atoms with Gasteiger partial charge in [-0.15, -0.1) is 0 Å². The molecule has 2 fully saturated rings. The van der Waals surface area contributed by atoms with Gasteiger partial charge in [0.2, 0.25) is 0 Å². The van der Waals surface area contributed by atoms with E-state index in [4.69, 9.17) is 5.11 Å². The number of halogens is 1. The van der Waals surface area contributed by atoms with Crippen LogP contribution >= 0.6 is 0 Å². The summed E-state index contributed by atoms with van der Waals surface area (Å²) in [6, 6.07) is 6.17. The number of benzene rings is 1. The predicted octanol–water partition coefficient (Wildman–Crippen LogP) is 2.67. The number of imidazole rings is 1. The number of likely N-dealkylation sites (tertiary alicyclic amines) is 1. The van der Waals surface area contributed by atoms with Crippen molar-refractivity contribution in [1.29, 1.82) is 0 Å². The van der Waals surface area contributed by atoms with Gasteiger partial charge in [0.15, 0.2) is 5.67 Å². The van der Waals surface area contributed by atoms with Gasteiger partial charge < -0.3 is 10.1 Å². The number of aromatic amines is 1. The predicted molar refractivity (Wildman–Crippen MR) is 82.0 cm³/mol. The monoisotopic (exact) mass is 315 g/mol. The number of carbonyl (C=O) groups is 1. The van der Waals surface area contributed by atoms with E-state index in [-0.39, 0.29) is 18.7 Å². The zero-order valence-corrected chi connectivity index (χ0v) is 12.6. The Morgan fingerprint density at radius 1 is 1.43 bits per heavy atom. The largest absolute Gasteiger partial charge is 0.478 e. The molecule has 2 aliphatic rings. The molecule has 0 spiro atoms. The Balaban J connectivity index is 1.41. The normalized spacial score (nSPS) is 20.2. The van der Waals surface area contributed by atoms with Crippen LogP contribution in [0, 0.1) is 0 Å². The summed E-state index contributed by atoms with van der Waals surface area (Å²) in [5.41, 5.74) is 0.107. The van der Waals surface area contributed by atoms with Gasteiger partial charge in [0.1, 0.15) is 5.82 Å². The fourth-order valence-corrected chi connectivity index (χ4v) is 3.15. The van der Waals surface area contributed by atoms with E-state index in [1.165, 1.54) is 25.0 Å². The molecule has 1 aromatic heterocycles. The van der Waals surface area contributed by atoms with Crippen molar-refractivity contribution >= 4 is 5.97 Å². The number of carboxylic acids is 1. The summed E-state index contributed by atoms with van der Waals surface area (Å²) in [6.45, 7) is 1.19. The quantitative estimate of drug-likeness (QED) is 0.890. The standard InChI is InChI=1S/C17H18FN3O2/c18-17(13-3-1-2-12(6-13)16(22)23)9-21(10-17)8-14-7-19-15(20-14)11-4-5-11/h1-3,6-7,11H,4-5,8-10H2,(H,19,20)(H,22,23). The first-order chi connectivity index (χ1) is 11.0. The number of carboxylic acid groups (broad SMARTS) is 1. The minimum absolute atomic E-state index is 0.126. The maximum Gasteiger partial charge on any atom is 0.335 e. The molecule has 0 atom stereocenters. The van der Waals surface area contributed by atoms with Crippen LogP contribution < -0.4 is 0 Å². The lowest BCUT2D eigenvalue weighted by Crippen LogP contribution is -2.56. The first-order valence-corrected chi connectivity index (χ1v) is 7.82. The second-order valence-corrected chi connectivity index (χ2v) is 6.56. The summed E-state index contributed by atoms with van der Waals surface area (Å²) in [6.07, 6.45) is 4.23. The summed E-state index contributed by atoms with van der Waals surface area (Å²) in [7, 11) is 0. The van der Waals surface area contributed by atoms with Crippen LogP contribution in [0.2, 0.25) is 0 Å². The molecule has 0 radical (unpaired) electrons. The average molecular weight is 315 g/mol. The van der Waals surface area contributed by atoms with Crippen LogP contribution in [-0.4, -0.2) is 39.0 Å². The molecule has 1 aromatic carbocycles. The number of rotatable bonds is 5. The van der Waals surface area contributed by atoms with Gasteiger partial charge in [0.25, 0.3) is 0 Å². The molecule has 120 valence electrons. The number of nitrogens with one attached hydrogen (secondary N) is 1. The fourth-order valence-electron chi connectivity index (χ4n) is 3.15. The van der Waals surface area contributed by atoms with Crippen molar-refractivity contribution in [3.63, 3.8) is 0 Å². The van der Waals surface area contributed by atoms with E-state index >= 15 is 0 Å². The van der Waals surface area contributed by atoms with Crippen LogP contribution in [0.25, 0.3) is 0 Å². The summed E-state index contributed by atoms with van der Waals surface area (Å²) in [4.78, 5) is 20.7. The average Bonchev–Trinajstić information content (AvgIpc) is 3.26. The van der Waals surface area contributed by atoms with Gasteiger partial charge in [-0.2, -0.15) is 0 Å². The molecule has 1 saturated carbocycles. The molecular weight excluding hydrogens is 297 g/mol. The van der Waals surface area contributed by atoms with E-state index in [9.17, 15) is 9.18 Å². The molecule has 1 aliphatic carbocycles. The molecule has 0 unspecified atom stereocenters. The highest BCUT2D eigenvalue weighted by Gasteiger charge is 2.45. The van der Waals surface area contributed by atoms with Crippen molar-refractivity contribution in [1.82, 2.24) is 14.9 Å². The second-order valence-electron chi connectivity index (χ2n) is 6.56. The highest BCUT2D eigenvalue weighted by molar-refractivity contribution is 5.87. The lowest BCUT2D eigenvalue weighted by Gasteiger charge is -2.44. The molecule has 2 aromatic rings. The van der Waals surface area contributed by atoms with Crippen molar-refractivity contribution in [3.05, 3.63) is 53.1 Å². The second kappa shape index (κ2) is 5.16. The molecular formula is C17H18FN3O2. The summed E-state index contributed by atoms with van der Waals surface area (Å²) in [5, 5.41) is 9.02. The smallest absolute Gasteiger partial charge is 0.335 e. The third kappa shape index (κ3) is 2.74. The maximum atomic E-state index is 14.9. The first kappa shape index (κ1) is 14.4. The van der Waals surface area contributed by atoms with Gasteiger partial charge in [0, 0.05) is 37.4 Å². The number of hydrogen-bond acceptors (Lipinski definition) is 3. The Morgan fingerprint density at radius 3 is 2.91 bits per heavy atom. The molecule has 2 N–H and O–H groups in total. The minimum atomic E-state index is -1.47. The van der Waals surface area contributed by atoms with Gasteiger partial charge in [-0.25, -0.2) is 14.2 Å². The lowest BCUT2D eigenvalue weighted by atomic mass is 9.87. The van der Waals surface area contributed by atoms with E-state index < -0.39 is 11.6 Å². The topological polar surface area (TPSA) is 69.2 Å². The molecule has 0 amide bonds. The van der Waals surface area contributed by atoms with Crippen molar-refractivity contribution in [3.8, 4) is 0 Å². The van der Waals surface area contributed by atoms with Crippen LogP contribution in [0.5, 0.6) is 0 Å². The fraction of sp³-hybridized carbons (Fsp3) is 0.412. The number of alkyl halides is 1. The third-order valence-electron chi connectivity index (χ3n) is 4.58. The van der Waals surface area contributed by atoms with Crippen LogP contribution in [-0.2, 0) is 12.2 Å². The minimum Gasteiger partial charge on any atom is -0.478 e. The van der Waals surface area contributed by atoms with Gasteiger partial charge in [-0.05, 0) is 30.5 Å². The Labute approximate surface area is 133 Å². The molecule has 6 heteroatoms. The Morgan fingerprint density at radius 2 is 2.22 bits per heavy atom. The molecule has 2 heterocycles. The van der Waals surface area contributed by atoms with Crippen LogP contribution in [0.15, 0.2) is 30.5 Å². The van der Waals surface area contributed by atoms with Crippen molar-refractivity contribution in [2.45, 2.75) is 31.0 Å². The van der Waals surface area contributed by atoms with Gasteiger partial charge in [-0.3, -0.25) is 4.90 Å². The van der Waals surface area contributed by atoms with E-state index in [0.29, 0.717) is 18.0 Å². The van der Waals surface area contributed by atoms with Gasteiger partial charge in [-0.1, -0.05) is 12.1 Å². The Kier molecular flexibility index (Phi) is 3.23. The van der Waals surface area contributed by atoms with E-state index in [0.717, 1.165) is 11.5 Å². The number of hydrogen-bond donors (Lipinski definition) is 2. The van der Waals surface area contributed by atoms with Crippen molar-refractivity contribution in [2.75, 3.05) is 13.1 Å². The Bertz CT molecular complexity index is 748. The molecule has 0 bridgehead atoms. The van der Waals surface area contributed by atoms with Crippen LogP contribution in [0.3, 0.4) is 0 Å². The number of H-pyrrole nitrogens is 1. The van der Waals surface area contributed by atoms with Crippen LogP contribution in [0.1, 0.15) is 46.2 Å². The number of aromatic carboxylic acids is 1. The van der Waals surface area contributed by atoms with Gasteiger partial charge >= 0.3 is 5.97 Å². The molecule has 4 rings (SSSR count). The zero-order chi connectivity index (χ0) is 16.0. The number of nitrogens with zero attached hydrogens (tertiary/aromatic N) is 2. The zero-order valence-electron chi connectivity index (χ0n) is 12.6. The summed E-state index contributed by atoms with van der Waals surface area (Å²) < 4.78 is 14.9. The summed E-state index contributed by atoms with van der Waals surface area (Å²) >= 11 is 0. The molecule has 5 nitrogen and oxygen atoms in total. The first-order valence-electron chi connectivity index (χ1n) is 7.82. The highest BCUT2D eigenvalue weighted by atomic mass is 19.1. The SMILES string of the molecule is O=C(O)c1cccc(C2(F)CN(Cc3cnc(C4CC4)[nH]3)C2)c1. The molecule has 1 aliphatic heterocycles. The van der Waals surface area contributed by atoms with E-state index in [2.05, 4.69) is 9.97 Å². The van der Waals surface area contributed by atoms with Crippen molar-refractivity contribution < 1.29 is 14.3 Å². The molecule has 23 heavy (non-hydrogen) atoms. The Hall–Kier alpha value is -2.21. The maximum absolute atomic E-state index is 14.9. The van der Waals surface area contributed by atoms with E-state index in [1.54, 1.807) is 12.1 Å². The summed E-state index contributed by atoms with van der Waals surface area (Å²) in [5.74, 6) is 0.594.